The highest BCUT2D eigenvalue weighted by Gasteiger charge is 2.07. The van der Waals surface area contributed by atoms with Crippen LogP contribution in [0.2, 0.25) is 0 Å². The molecule has 0 spiro atoms. The third kappa shape index (κ3) is 3.65. The lowest BCUT2D eigenvalue weighted by Crippen LogP contribution is -2.20. The Morgan fingerprint density at radius 1 is 1.20 bits per heavy atom. The van der Waals surface area contributed by atoms with Crippen LogP contribution in [-0.4, -0.2) is 24.7 Å². The molecule has 0 saturated heterocycles. The van der Waals surface area contributed by atoms with Crippen molar-refractivity contribution in [1.82, 2.24) is 0 Å². The minimum atomic E-state index is -0.308. The molecule has 0 unspecified atom stereocenters. The molecule has 0 bridgehead atoms. The van der Waals surface area contributed by atoms with Crippen LogP contribution >= 0.6 is 0 Å². The second-order valence-corrected chi connectivity index (χ2v) is 4.03. The summed E-state index contributed by atoms with van der Waals surface area (Å²) in [6.07, 6.45) is 0. The molecule has 5 heteroatoms. The van der Waals surface area contributed by atoms with Crippen molar-refractivity contribution >= 4 is 11.6 Å². The smallest absolute Gasteiger partial charge is 0.262 e. The third-order valence-corrected chi connectivity index (χ3v) is 2.57. The number of para-hydroxylation sites is 2. The van der Waals surface area contributed by atoms with Crippen LogP contribution in [0.4, 0.5) is 5.69 Å². The van der Waals surface area contributed by atoms with Crippen LogP contribution in [0.25, 0.3) is 0 Å². The summed E-state index contributed by atoms with van der Waals surface area (Å²) in [6, 6.07) is 13.4. The topological polar surface area (TPSA) is 67.8 Å². The number of rotatable bonds is 5. The van der Waals surface area contributed by atoms with E-state index in [0.717, 1.165) is 0 Å². The molecule has 2 rings (SSSR count). The van der Waals surface area contributed by atoms with Gasteiger partial charge in [0, 0.05) is 6.07 Å². The number of hydrogen-bond acceptors (Lipinski definition) is 4. The number of carbonyl (C=O) groups excluding carboxylic acids is 1. The molecular formula is C15H15NO4. The summed E-state index contributed by atoms with van der Waals surface area (Å²) in [7, 11) is 1.54. The Kier molecular flexibility index (Phi) is 4.44. The first kappa shape index (κ1) is 13.7. The molecule has 0 aliphatic carbocycles. The largest absolute Gasteiger partial charge is 0.508 e. The summed E-state index contributed by atoms with van der Waals surface area (Å²) in [4.78, 5) is 11.8. The number of carbonyl (C=O) groups is 1. The van der Waals surface area contributed by atoms with Gasteiger partial charge in [-0.2, -0.15) is 0 Å². The lowest BCUT2D eigenvalue weighted by atomic mass is 10.3. The number of aromatic hydroxyl groups is 1. The van der Waals surface area contributed by atoms with Crippen molar-refractivity contribution in [1.29, 1.82) is 0 Å². The molecular weight excluding hydrogens is 258 g/mol. The minimum Gasteiger partial charge on any atom is -0.508 e. The molecule has 2 aromatic carbocycles. The molecule has 2 N–H and O–H groups in total. The number of nitrogens with one attached hydrogen (secondary N) is 1. The number of methoxy groups -OCH3 is 1. The van der Waals surface area contributed by atoms with Crippen LogP contribution in [0, 0.1) is 0 Å². The van der Waals surface area contributed by atoms with E-state index in [0.29, 0.717) is 17.2 Å². The number of phenolic OH excluding ortho intramolecular Hbond substituents is 1. The monoisotopic (exact) mass is 273 g/mol. The van der Waals surface area contributed by atoms with Gasteiger partial charge in [-0.1, -0.05) is 18.2 Å². The van der Waals surface area contributed by atoms with Gasteiger partial charge in [0.2, 0.25) is 0 Å². The van der Waals surface area contributed by atoms with E-state index in [-0.39, 0.29) is 18.3 Å². The van der Waals surface area contributed by atoms with Gasteiger partial charge in [0.25, 0.3) is 5.91 Å². The number of amides is 1. The van der Waals surface area contributed by atoms with E-state index in [2.05, 4.69) is 5.32 Å². The Morgan fingerprint density at radius 3 is 2.75 bits per heavy atom. The van der Waals surface area contributed by atoms with Crippen LogP contribution in [-0.2, 0) is 4.79 Å². The fourth-order valence-corrected chi connectivity index (χ4v) is 1.66. The zero-order valence-corrected chi connectivity index (χ0v) is 11.0. The van der Waals surface area contributed by atoms with E-state index in [9.17, 15) is 9.90 Å². The normalized spacial score (nSPS) is 9.85. The van der Waals surface area contributed by atoms with Crippen molar-refractivity contribution in [3.8, 4) is 17.2 Å². The molecule has 0 aliphatic rings. The van der Waals surface area contributed by atoms with Gasteiger partial charge in [-0.3, -0.25) is 4.79 Å². The Labute approximate surface area is 116 Å². The molecule has 0 heterocycles. The van der Waals surface area contributed by atoms with Crippen LogP contribution < -0.4 is 14.8 Å². The number of benzene rings is 2. The predicted octanol–water partition coefficient (Wildman–Crippen LogP) is 2.42. The van der Waals surface area contributed by atoms with Crippen LogP contribution in [0.5, 0.6) is 17.2 Å². The van der Waals surface area contributed by atoms with E-state index < -0.39 is 0 Å². The van der Waals surface area contributed by atoms with Crippen LogP contribution in [0.3, 0.4) is 0 Å². The molecule has 0 fully saturated rings. The number of hydrogen-bond donors (Lipinski definition) is 2. The Hall–Kier alpha value is -2.69. The summed E-state index contributed by atoms with van der Waals surface area (Å²) >= 11 is 0. The van der Waals surface area contributed by atoms with E-state index in [1.54, 1.807) is 30.3 Å². The average molecular weight is 273 g/mol. The second-order valence-electron chi connectivity index (χ2n) is 4.03. The first-order valence-corrected chi connectivity index (χ1v) is 6.04. The Bertz CT molecular complexity index is 598. The van der Waals surface area contributed by atoms with Crippen molar-refractivity contribution in [2.45, 2.75) is 0 Å². The molecule has 20 heavy (non-hydrogen) atoms. The maximum atomic E-state index is 11.8. The van der Waals surface area contributed by atoms with Gasteiger partial charge in [0.05, 0.1) is 12.8 Å². The SMILES string of the molecule is COc1ccccc1NC(=O)COc1cccc(O)c1. The average Bonchev–Trinajstić information content (AvgIpc) is 2.46. The predicted molar refractivity (Wildman–Crippen MR) is 75.2 cm³/mol. The van der Waals surface area contributed by atoms with Crippen molar-refractivity contribution in [2.24, 2.45) is 0 Å². The zero-order valence-electron chi connectivity index (χ0n) is 11.0. The molecule has 0 atom stereocenters. The first-order valence-electron chi connectivity index (χ1n) is 6.04. The van der Waals surface area contributed by atoms with Crippen molar-refractivity contribution in [2.75, 3.05) is 19.0 Å². The highest BCUT2D eigenvalue weighted by molar-refractivity contribution is 5.93. The lowest BCUT2D eigenvalue weighted by molar-refractivity contribution is -0.118. The molecule has 2 aromatic rings. The quantitative estimate of drug-likeness (QED) is 0.878. The van der Waals surface area contributed by atoms with Gasteiger partial charge < -0.3 is 19.9 Å². The van der Waals surface area contributed by atoms with Crippen molar-refractivity contribution in [3.05, 3.63) is 48.5 Å². The lowest BCUT2D eigenvalue weighted by Gasteiger charge is -2.10. The standard InChI is InChI=1S/C15H15NO4/c1-19-14-8-3-2-7-13(14)16-15(18)10-20-12-6-4-5-11(17)9-12/h2-9,17H,10H2,1H3,(H,16,18). The Morgan fingerprint density at radius 2 is 2.00 bits per heavy atom. The maximum Gasteiger partial charge on any atom is 0.262 e. The first-order chi connectivity index (χ1) is 9.69. The highest BCUT2D eigenvalue weighted by atomic mass is 16.5. The van der Waals surface area contributed by atoms with E-state index in [4.69, 9.17) is 9.47 Å². The molecule has 5 nitrogen and oxygen atoms in total. The number of phenols is 1. The molecule has 0 aliphatic heterocycles. The van der Waals surface area contributed by atoms with Crippen molar-refractivity contribution in [3.63, 3.8) is 0 Å². The zero-order chi connectivity index (χ0) is 14.4. The molecule has 104 valence electrons. The Balaban J connectivity index is 1.93. The minimum absolute atomic E-state index is 0.0904. The second kappa shape index (κ2) is 6.47. The fourth-order valence-electron chi connectivity index (χ4n) is 1.66. The van der Waals surface area contributed by atoms with Gasteiger partial charge >= 0.3 is 0 Å². The number of anilines is 1. The van der Waals surface area contributed by atoms with Gasteiger partial charge in [-0.15, -0.1) is 0 Å². The molecule has 0 saturated carbocycles. The molecule has 1 amide bonds. The summed E-state index contributed by atoms with van der Waals surface area (Å²) in [6.45, 7) is -0.151. The van der Waals surface area contributed by atoms with Crippen LogP contribution in [0.15, 0.2) is 48.5 Å². The highest BCUT2D eigenvalue weighted by Crippen LogP contribution is 2.23. The summed E-state index contributed by atoms with van der Waals surface area (Å²) in [5.74, 6) is 0.795. The number of ether oxygens (including phenoxy) is 2. The third-order valence-electron chi connectivity index (χ3n) is 2.57. The van der Waals surface area contributed by atoms with Gasteiger partial charge in [-0.05, 0) is 24.3 Å². The van der Waals surface area contributed by atoms with Crippen molar-refractivity contribution < 1.29 is 19.4 Å². The van der Waals surface area contributed by atoms with E-state index in [1.807, 2.05) is 6.07 Å². The summed E-state index contributed by atoms with van der Waals surface area (Å²) < 4.78 is 10.4. The van der Waals surface area contributed by atoms with Gasteiger partial charge in [-0.25, -0.2) is 0 Å². The maximum absolute atomic E-state index is 11.8. The van der Waals surface area contributed by atoms with Gasteiger partial charge in [0.1, 0.15) is 17.2 Å². The van der Waals surface area contributed by atoms with Gasteiger partial charge in [0.15, 0.2) is 6.61 Å². The van der Waals surface area contributed by atoms with E-state index >= 15 is 0 Å². The molecule has 0 radical (unpaired) electrons. The fraction of sp³-hybridized carbons (Fsp3) is 0.133. The summed E-state index contributed by atoms with van der Waals surface area (Å²) in [5.41, 5.74) is 0.583. The summed E-state index contributed by atoms with van der Waals surface area (Å²) in [5, 5.41) is 12.0. The van der Waals surface area contributed by atoms with Crippen LogP contribution in [0.1, 0.15) is 0 Å². The molecule has 0 aromatic heterocycles. The van der Waals surface area contributed by atoms with E-state index in [1.165, 1.54) is 19.2 Å².